The van der Waals surface area contributed by atoms with Crippen molar-refractivity contribution < 1.29 is 0 Å². The fraction of sp³-hybridized carbons (Fsp3) is 0.385. The Hall–Kier alpha value is -1.68. The van der Waals surface area contributed by atoms with Crippen molar-refractivity contribution in [2.45, 2.75) is 32.4 Å². The van der Waals surface area contributed by atoms with Gasteiger partial charge in [-0.3, -0.25) is 4.98 Å². The molecule has 1 aliphatic heterocycles. The van der Waals surface area contributed by atoms with Gasteiger partial charge in [-0.2, -0.15) is 0 Å². The molecular formula is C13H16N4. The molecule has 4 heteroatoms. The monoisotopic (exact) mass is 228 g/mol. The maximum atomic E-state index is 5.77. The lowest BCUT2D eigenvalue weighted by Crippen LogP contribution is -2.15. The van der Waals surface area contributed by atoms with E-state index in [1.54, 1.807) is 6.20 Å². The van der Waals surface area contributed by atoms with Crippen LogP contribution in [0.5, 0.6) is 0 Å². The van der Waals surface area contributed by atoms with E-state index in [0.717, 1.165) is 30.0 Å². The van der Waals surface area contributed by atoms with Crippen LogP contribution in [0, 0.1) is 0 Å². The summed E-state index contributed by atoms with van der Waals surface area (Å²) >= 11 is 0. The highest BCUT2D eigenvalue weighted by atomic mass is 15.1. The minimum absolute atomic E-state index is 0.507. The first kappa shape index (κ1) is 10.5. The Kier molecular flexibility index (Phi) is 2.65. The molecule has 0 saturated carbocycles. The third-order valence-electron chi connectivity index (χ3n) is 3.31. The standard InChI is InChI=1S/C13H16N4/c14-8-12-16-13(10-4-3-6-15-9-10)11-5-1-2-7-17(11)12/h3-4,6,9H,1-2,5,7-8,14H2. The average Bonchev–Trinajstić information content (AvgIpc) is 2.78. The quantitative estimate of drug-likeness (QED) is 0.851. The molecule has 17 heavy (non-hydrogen) atoms. The zero-order valence-electron chi connectivity index (χ0n) is 9.76. The first-order valence-electron chi connectivity index (χ1n) is 6.09. The van der Waals surface area contributed by atoms with Crippen molar-refractivity contribution in [3.8, 4) is 11.3 Å². The molecule has 3 heterocycles. The molecule has 0 fully saturated rings. The minimum Gasteiger partial charge on any atom is -0.330 e. The third kappa shape index (κ3) is 1.74. The predicted octanol–water partition coefficient (Wildman–Crippen LogP) is 1.74. The van der Waals surface area contributed by atoms with Crippen LogP contribution >= 0.6 is 0 Å². The highest BCUT2D eigenvalue weighted by Crippen LogP contribution is 2.28. The first-order valence-corrected chi connectivity index (χ1v) is 6.09. The van der Waals surface area contributed by atoms with Gasteiger partial charge in [-0.1, -0.05) is 0 Å². The molecular weight excluding hydrogens is 212 g/mol. The Morgan fingerprint density at radius 1 is 1.35 bits per heavy atom. The molecule has 0 aromatic carbocycles. The first-order chi connectivity index (χ1) is 8.40. The average molecular weight is 228 g/mol. The van der Waals surface area contributed by atoms with Gasteiger partial charge < -0.3 is 10.3 Å². The van der Waals surface area contributed by atoms with Gasteiger partial charge >= 0.3 is 0 Å². The van der Waals surface area contributed by atoms with Crippen molar-refractivity contribution in [2.24, 2.45) is 5.73 Å². The van der Waals surface area contributed by atoms with E-state index in [9.17, 15) is 0 Å². The molecule has 0 aliphatic carbocycles. The van der Waals surface area contributed by atoms with Crippen LogP contribution in [0.15, 0.2) is 24.5 Å². The fourth-order valence-corrected chi connectivity index (χ4v) is 2.51. The van der Waals surface area contributed by atoms with E-state index in [1.807, 2.05) is 12.3 Å². The molecule has 88 valence electrons. The van der Waals surface area contributed by atoms with Crippen molar-refractivity contribution in [3.63, 3.8) is 0 Å². The van der Waals surface area contributed by atoms with Gasteiger partial charge in [-0.05, 0) is 31.4 Å². The molecule has 0 atom stereocenters. The molecule has 0 bridgehead atoms. The molecule has 0 amide bonds. The zero-order valence-corrected chi connectivity index (χ0v) is 9.76. The van der Waals surface area contributed by atoms with Gasteiger partial charge in [0, 0.05) is 30.2 Å². The smallest absolute Gasteiger partial charge is 0.123 e. The summed E-state index contributed by atoms with van der Waals surface area (Å²) in [5, 5.41) is 0. The van der Waals surface area contributed by atoms with Crippen LogP contribution in [0.25, 0.3) is 11.3 Å². The number of rotatable bonds is 2. The Balaban J connectivity index is 2.14. The largest absolute Gasteiger partial charge is 0.330 e. The molecule has 0 unspecified atom stereocenters. The van der Waals surface area contributed by atoms with Gasteiger partial charge in [0.05, 0.1) is 12.2 Å². The van der Waals surface area contributed by atoms with Gasteiger partial charge in [0.15, 0.2) is 0 Å². The maximum Gasteiger partial charge on any atom is 0.123 e. The third-order valence-corrected chi connectivity index (χ3v) is 3.31. The molecule has 0 spiro atoms. The molecule has 0 radical (unpaired) electrons. The summed E-state index contributed by atoms with van der Waals surface area (Å²) in [6, 6.07) is 4.01. The lowest BCUT2D eigenvalue weighted by molar-refractivity contribution is 0.515. The lowest BCUT2D eigenvalue weighted by atomic mass is 10.1. The van der Waals surface area contributed by atoms with Crippen LogP contribution in [-0.4, -0.2) is 14.5 Å². The highest BCUT2D eigenvalue weighted by Gasteiger charge is 2.19. The Morgan fingerprint density at radius 2 is 2.29 bits per heavy atom. The van der Waals surface area contributed by atoms with Crippen molar-refractivity contribution in [2.75, 3.05) is 0 Å². The summed E-state index contributed by atoms with van der Waals surface area (Å²) in [6.45, 7) is 1.56. The number of nitrogens with zero attached hydrogens (tertiary/aromatic N) is 3. The Bertz CT molecular complexity index is 516. The second kappa shape index (κ2) is 4.30. The van der Waals surface area contributed by atoms with Crippen LogP contribution in [0.1, 0.15) is 24.4 Å². The van der Waals surface area contributed by atoms with Crippen molar-refractivity contribution in [1.82, 2.24) is 14.5 Å². The van der Waals surface area contributed by atoms with E-state index in [2.05, 4.69) is 20.6 Å². The Morgan fingerprint density at radius 3 is 3.06 bits per heavy atom. The van der Waals surface area contributed by atoms with Gasteiger partial charge in [-0.25, -0.2) is 4.98 Å². The number of hydrogen-bond acceptors (Lipinski definition) is 3. The topological polar surface area (TPSA) is 56.7 Å². The number of aromatic nitrogens is 3. The number of hydrogen-bond donors (Lipinski definition) is 1. The van der Waals surface area contributed by atoms with Crippen LogP contribution in [0.4, 0.5) is 0 Å². The molecule has 2 aromatic rings. The zero-order chi connectivity index (χ0) is 11.7. The van der Waals surface area contributed by atoms with E-state index in [-0.39, 0.29) is 0 Å². The molecule has 1 aliphatic rings. The summed E-state index contributed by atoms with van der Waals surface area (Å²) in [5.41, 5.74) is 9.25. The molecule has 2 N–H and O–H groups in total. The van der Waals surface area contributed by atoms with Crippen molar-refractivity contribution in [3.05, 3.63) is 36.0 Å². The second-order valence-electron chi connectivity index (χ2n) is 4.38. The van der Waals surface area contributed by atoms with Crippen molar-refractivity contribution >= 4 is 0 Å². The number of imidazole rings is 1. The molecule has 2 aromatic heterocycles. The van der Waals surface area contributed by atoms with Crippen LogP contribution < -0.4 is 5.73 Å². The highest BCUT2D eigenvalue weighted by molar-refractivity contribution is 5.61. The number of nitrogens with two attached hydrogens (primary N) is 1. The minimum atomic E-state index is 0.507. The molecule has 4 nitrogen and oxygen atoms in total. The lowest BCUT2D eigenvalue weighted by Gasteiger charge is -2.16. The fourth-order valence-electron chi connectivity index (χ4n) is 2.51. The normalized spacial score (nSPS) is 14.6. The van der Waals surface area contributed by atoms with Gasteiger partial charge in [0.1, 0.15) is 5.82 Å². The van der Waals surface area contributed by atoms with Crippen LogP contribution in [-0.2, 0) is 19.5 Å². The summed E-state index contributed by atoms with van der Waals surface area (Å²) < 4.78 is 2.28. The SMILES string of the molecule is NCc1nc(-c2cccnc2)c2n1CCCC2. The van der Waals surface area contributed by atoms with Crippen LogP contribution in [0.3, 0.4) is 0 Å². The van der Waals surface area contributed by atoms with E-state index in [4.69, 9.17) is 5.73 Å². The van der Waals surface area contributed by atoms with Crippen LogP contribution in [0.2, 0.25) is 0 Å². The summed E-state index contributed by atoms with van der Waals surface area (Å²) in [7, 11) is 0. The maximum absolute atomic E-state index is 5.77. The number of fused-ring (bicyclic) bond motifs is 1. The number of pyridine rings is 1. The van der Waals surface area contributed by atoms with Crippen molar-refractivity contribution in [1.29, 1.82) is 0 Å². The van der Waals surface area contributed by atoms with E-state index >= 15 is 0 Å². The van der Waals surface area contributed by atoms with Gasteiger partial charge in [-0.15, -0.1) is 0 Å². The van der Waals surface area contributed by atoms with Gasteiger partial charge in [0.25, 0.3) is 0 Å². The summed E-state index contributed by atoms with van der Waals surface area (Å²) in [6.07, 6.45) is 7.22. The van der Waals surface area contributed by atoms with E-state index < -0.39 is 0 Å². The van der Waals surface area contributed by atoms with E-state index in [0.29, 0.717) is 6.54 Å². The predicted molar refractivity (Wildman–Crippen MR) is 66.3 cm³/mol. The molecule has 0 saturated heterocycles. The van der Waals surface area contributed by atoms with Gasteiger partial charge in [0.2, 0.25) is 0 Å². The summed E-state index contributed by atoms with van der Waals surface area (Å²) in [4.78, 5) is 8.84. The summed E-state index contributed by atoms with van der Waals surface area (Å²) in [5.74, 6) is 0.999. The molecule has 3 rings (SSSR count). The Labute approximate surface area is 101 Å². The second-order valence-corrected chi connectivity index (χ2v) is 4.38. The van der Waals surface area contributed by atoms with E-state index in [1.165, 1.54) is 18.5 Å².